The highest BCUT2D eigenvalue weighted by atomic mass is 16.8. The quantitative estimate of drug-likeness (QED) is 0.0301. The number of carbonyl (C=O) groups excluding carboxylic acids is 3. The highest BCUT2D eigenvalue weighted by Crippen LogP contribution is 2.14. The van der Waals surface area contributed by atoms with Gasteiger partial charge in [0, 0.05) is 12.8 Å². The molecule has 46 heavy (non-hydrogen) atoms. The fourth-order valence-electron chi connectivity index (χ4n) is 5.70. The Bertz CT molecular complexity index is 741. The van der Waals surface area contributed by atoms with E-state index >= 15 is 0 Å². The number of carbonyl (C=O) groups is 3. The second-order valence-electron chi connectivity index (χ2n) is 13.3. The lowest BCUT2D eigenvalue weighted by molar-refractivity contribution is -0.146. The molecule has 5 nitrogen and oxygen atoms in total. The largest absolute Gasteiger partial charge is 0.524 e. The third kappa shape index (κ3) is 36.6. The minimum Gasteiger partial charge on any atom is -0.360 e. The van der Waals surface area contributed by atoms with Gasteiger partial charge < -0.3 is 9.47 Å². The summed E-state index contributed by atoms with van der Waals surface area (Å²) < 4.78 is 9.30. The van der Waals surface area contributed by atoms with Gasteiger partial charge in [0.2, 0.25) is 0 Å². The van der Waals surface area contributed by atoms with E-state index in [1.807, 2.05) is 0 Å². The minimum absolute atomic E-state index is 0.178. The number of rotatable bonds is 34. The fourth-order valence-corrected chi connectivity index (χ4v) is 5.70. The summed E-state index contributed by atoms with van der Waals surface area (Å²) in [5, 5.41) is 0. The van der Waals surface area contributed by atoms with Crippen LogP contribution in [0.5, 0.6) is 0 Å². The molecule has 0 aliphatic rings. The van der Waals surface area contributed by atoms with Crippen molar-refractivity contribution < 1.29 is 23.9 Å². The molecule has 0 aromatic rings. The van der Waals surface area contributed by atoms with Gasteiger partial charge in [-0.2, -0.15) is 0 Å². The molecule has 0 N–H and O–H groups in total. The summed E-state index contributed by atoms with van der Waals surface area (Å²) in [5.41, 5.74) is 0. The third-order valence-electron chi connectivity index (χ3n) is 8.68. The van der Waals surface area contributed by atoms with E-state index < -0.39 is 18.1 Å². The molecule has 0 fully saturated rings. The van der Waals surface area contributed by atoms with Gasteiger partial charge in [-0.15, -0.1) is 0 Å². The van der Waals surface area contributed by atoms with Gasteiger partial charge in [0.05, 0.1) is 0 Å². The Morgan fingerprint density at radius 2 is 0.587 bits per heavy atom. The van der Waals surface area contributed by atoms with E-state index in [1.54, 1.807) is 0 Å². The maximum atomic E-state index is 11.9. The number of hydrogen-bond donors (Lipinski definition) is 0. The predicted octanol–water partition coefficient (Wildman–Crippen LogP) is 13.8. The topological polar surface area (TPSA) is 69.7 Å². The molecule has 0 amide bonds. The Balaban J connectivity index is 3.44. The molecule has 268 valence electrons. The van der Waals surface area contributed by atoms with Crippen molar-refractivity contribution in [3.8, 4) is 0 Å². The first-order valence-corrected chi connectivity index (χ1v) is 19.8. The summed E-state index contributed by atoms with van der Waals surface area (Å²) in [7, 11) is 0. The number of ether oxygens (including phenoxy) is 2. The number of esters is 2. The zero-order valence-corrected chi connectivity index (χ0v) is 30.5. The van der Waals surface area contributed by atoms with Crippen molar-refractivity contribution >= 4 is 18.1 Å². The van der Waals surface area contributed by atoms with Crippen molar-refractivity contribution in [1.82, 2.24) is 0 Å². The smallest absolute Gasteiger partial charge is 0.360 e. The summed E-state index contributed by atoms with van der Waals surface area (Å²) in [5.74, 6) is -1.23. The van der Waals surface area contributed by atoms with E-state index in [-0.39, 0.29) is 12.8 Å². The summed E-state index contributed by atoms with van der Waals surface area (Å²) in [4.78, 5) is 35.5. The van der Waals surface area contributed by atoms with Crippen LogP contribution in [0.3, 0.4) is 0 Å². The van der Waals surface area contributed by atoms with Crippen molar-refractivity contribution in [2.24, 2.45) is 0 Å². The summed E-state index contributed by atoms with van der Waals surface area (Å²) in [6.45, 7) is 4.52. The van der Waals surface area contributed by atoms with Crippen molar-refractivity contribution in [2.45, 2.75) is 219 Å². The summed E-state index contributed by atoms with van der Waals surface area (Å²) >= 11 is 0. The summed E-state index contributed by atoms with van der Waals surface area (Å²) in [6, 6.07) is 0. The van der Waals surface area contributed by atoms with Gasteiger partial charge in [-0.05, 0) is 64.2 Å². The van der Waals surface area contributed by atoms with Crippen molar-refractivity contribution in [1.29, 1.82) is 0 Å². The van der Waals surface area contributed by atoms with Crippen LogP contribution in [0.25, 0.3) is 0 Å². The van der Waals surface area contributed by atoms with E-state index in [4.69, 9.17) is 0 Å². The minimum atomic E-state index is -1.18. The van der Waals surface area contributed by atoms with Crippen LogP contribution >= 0.6 is 0 Å². The fraction of sp³-hybridized carbons (Fsp3) is 0.829. The molecule has 0 rings (SSSR count). The molecular weight excluding hydrogens is 572 g/mol. The van der Waals surface area contributed by atoms with Gasteiger partial charge in [0.1, 0.15) is 0 Å². The Labute approximate surface area is 285 Å². The maximum Gasteiger partial charge on any atom is 0.524 e. The van der Waals surface area contributed by atoms with Crippen LogP contribution in [0, 0.1) is 0 Å². The lowest BCUT2D eigenvalue weighted by atomic mass is 10.1. The molecule has 0 saturated heterocycles. The Morgan fingerprint density at radius 3 is 0.870 bits per heavy atom. The van der Waals surface area contributed by atoms with Crippen LogP contribution in [0.1, 0.15) is 219 Å². The zero-order chi connectivity index (χ0) is 33.6. The normalized spacial score (nSPS) is 11.5. The van der Waals surface area contributed by atoms with Gasteiger partial charge in [-0.1, -0.05) is 167 Å². The average Bonchev–Trinajstić information content (AvgIpc) is 3.03. The summed E-state index contributed by atoms with van der Waals surface area (Å²) in [6.07, 6.45) is 44.9. The van der Waals surface area contributed by atoms with Crippen molar-refractivity contribution in [3.63, 3.8) is 0 Å². The maximum absolute atomic E-state index is 11.9. The van der Waals surface area contributed by atoms with Crippen molar-refractivity contribution in [3.05, 3.63) is 24.3 Å². The van der Waals surface area contributed by atoms with Crippen LogP contribution in [0.15, 0.2) is 24.3 Å². The molecule has 0 bridgehead atoms. The average molecular weight is 647 g/mol. The molecule has 0 radical (unpaired) electrons. The van der Waals surface area contributed by atoms with E-state index in [1.165, 1.54) is 141 Å². The van der Waals surface area contributed by atoms with Crippen LogP contribution in [-0.2, 0) is 19.1 Å². The highest BCUT2D eigenvalue weighted by molar-refractivity contribution is 5.88. The standard InChI is InChI=1S/C41H74O5/c1-3-5-7-9-11-13-15-17-19-20-21-22-24-26-28-30-32-34-36-38-40(43)46-41(44)45-39(42)37-35-33-31-29-27-25-23-18-16-14-12-10-8-6-4-2/h17-19,23H,3-16,20-22,24-38H2,1-2H3. The lowest BCUT2D eigenvalue weighted by Gasteiger charge is -2.04. The predicted molar refractivity (Wildman–Crippen MR) is 195 cm³/mol. The number of hydrogen-bond acceptors (Lipinski definition) is 5. The molecule has 0 atom stereocenters. The molecule has 0 unspecified atom stereocenters. The molecule has 0 saturated carbocycles. The first-order chi connectivity index (χ1) is 22.6. The molecule has 0 spiro atoms. The SMILES string of the molecule is CCCCCCCCC=CCCCCCCCCCCCC(=O)OC(=O)OC(=O)CCCCCCCC=CCCCCCCCC. The van der Waals surface area contributed by atoms with Gasteiger partial charge in [-0.25, -0.2) is 4.79 Å². The molecule has 0 aromatic heterocycles. The zero-order valence-electron chi connectivity index (χ0n) is 30.5. The molecule has 5 heteroatoms. The lowest BCUT2D eigenvalue weighted by Crippen LogP contribution is -2.17. The van der Waals surface area contributed by atoms with Gasteiger partial charge in [0.25, 0.3) is 0 Å². The number of unbranched alkanes of at least 4 members (excludes halogenated alkanes) is 26. The van der Waals surface area contributed by atoms with Crippen LogP contribution in [0.2, 0.25) is 0 Å². The first kappa shape index (κ1) is 44.1. The number of allylic oxidation sites excluding steroid dienone is 4. The van der Waals surface area contributed by atoms with E-state index in [0.29, 0.717) is 12.8 Å². The second kappa shape index (κ2) is 37.5. The van der Waals surface area contributed by atoms with Gasteiger partial charge >= 0.3 is 18.1 Å². The van der Waals surface area contributed by atoms with Crippen molar-refractivity contribution in [2.75, 3.05) is 0 Å². The molecule has 0 heterocycles. The van der Waals surface area contributed by atoms with E-state index in [0.717, 1.165) is 38.5 Å². The Morgan fingerprint density at radius 1 is 0.348 bits per heavy atom. The highest BCUT2D eigenvalue weighted by Gasteiger charge is 2.15. The third-order valence-corrected chi connectivity index (χ3v) is 8.68. The van der Waals surface area contributed by atoms with Crippen LogP contribution in [0.4, 0.5) is 4.79 Å². The molecular formula is C41H74O5. The molecule has 0 aliphatic heterocycles. The van der Waals surface area contributed by atoms with Gasteiger partial charge in [-0.3, -0.25) is 9.59 Å². The Hall–Kier alpha value is -1.91. The van der Waals surface area contributed by atoms with E-state index in [9.17, 15) is 14.4 Å². The first-order valence-electron chi connectivity index (χ1n) is 19.8. The molecule has 0 aliphatic carbocycles. The van der Waals surface area contributed by atoms with E-state index in [2.05, 4.69) is 47.6 Å². The van der Waals surface area contributed by atoms with Gasteiger partial charge in [0.15, 0.2) is 0 Å². The molecule has 0 aromatic carbocycles. The van der Waals surface area contributed by atoms with Crippen LogP contribution < -0.4 is 0 Å². The Kier molecular flexibility index (Phi) is 36.0. The monoisotopic (exact) mass is 647 g/mol. The van der Waals surface area contributed by atoms with Crippen LogP contribution in [-0.4, -0.2) is 18.1 Å². The second-order valence-corrected chi connectivity index (χ2v) is 13.3.